The zero-order chi connectivity index (χ0) is 13.8. The van der Waals surface area contributed by atoms with Gasteiger partial charge in [0.25, 0.3) is 0 Å². The van der Waals surface area contributed by atoms with Crippen molar-refractivity contribution < 1.29 is 8.78 Å². The van der Waals surface area contributed by atoms with E-state index >= 15 is 0 Å². The molecule has 0 heterocycles. The molecule has 0 aromatic heterocycles. The normalized spacial score (nSPS) is 25.3. The third kappa shape index (κ3) is 3.33. The van der Waals surface area contributed by atoms with Gasteiger partial charge < -0.3 is 5.32 Å². The minimum Gasteiger partial charge on any atom is -0.310 e. The van der Waals surface area contributed by atoms with Gasteiger partial charge in [0, 0.05) is 11.6 Å². The summed E-state index contributed by atoms with van der Waals surface area (Å²) in [5.74, 6) is 0.223. The summed E-state index contributed by atoms with van der Waals surface area (Å²) in [5.41, 5.74) is 0.226. The van der Waals surface area contributed by atoms with E-state index in [1.165, 1.54) is 18.2 Å². The zero-order valence-electron chi connectivity index (χ0n) is 11.8. The first-order chi connectivity index (χ1) is 9.13. The van der Waals surface area contributed by atoms with Crippen molar-refractivity contribution in [2.24, 2.45) is 11.8 Å². The molecular weight excluding hydrogens is 244 g/mol. The van der Waals surface area contributed by atoms with Crippen LogP contribution >= 0.6 is 0 Å². The van der Waals surface area contributed by atoms with E-state index in [4.69, 9.17) is 0 Å². The Hall–Kier alpha value is -0.960. The number of nitrogens with one attached hydrogen (secondary N) is 1. The second-order valence-electron chi connectivity index (χ2n) is 5.69. The quantitative estimate of drug-likeness (QED) is 0.850. The second-order valence-corrected chi connectivity index (χ2v) is 5.69. The molecule has 0 aliphatic heterocycles. The molecule has 3 heteroatoms. The van der Waals surface area contributed by atoms with E-state index < -0.39 is 11.6 Å². The van der Waals surface area contributed by atoms with Gasteiger partial charge in [-0.25, -0.2) is 8.78 Å². The van der Waals surface area contributed by atoms with Crippen molar-refractivity contribution in [1.82, 2.24) is 5.32 Å². The van der Waals surface area contributed by atoms with Gasteiger partial charge in [-0.15, -0.1) is 0 Å². The maximum Gasteiger partial charge on any atom is 0.130 e. The summed E-state index contributed by atoms with van der Waals surface area (Å²) >= 11 is 0. The minimum absolute atomic E-state index is 0.196. The molecule has 0 saturated heterocycles. The van der Waals surface area contributed by atoms with Gasteiger partial charge in [0.05, 0.1) is 0 Å². The first kappa shape index (κ1) is 14.4. The molecule has 1 N–H and O–H groups in total. The van der Waals surface area contributed by atoms with E-state index in [1.807, 2.05) is 6.92 Å². The molecule has 0 spiro atoms. The summed E-state index contributed by atoms with van der Waals surface area (Å²) in [6.07, 6.45) is 4.41. The Bertz CT molecular complexity index is 391. The van der Waals surface area contributed by atoms with Crippen LogP contribution in [-0.4, -0.2) is 6.54 Å². The van der Waals surface area contributed by atoms with Gasteiger partial charge in [-0.1, -0.05) is 32.8 Å². The van der Waals surface area contributed by atoms with Crippen molar-refractivity contribution in [3.63, 3.8) is 0 Å². The van der Waals surface area contributed by atoms with Gasteiger partial charge in [-0.05, 0) is 43.4 Å². The molecule has 0 amide bonds. The topological polar surface area (TPSA) is 12.0 Å². The predicted molar refractivity (Wildman–Crippen MR) is 73.9 cm³/mol. The van der Waals surface area contributed by atoms with Crippen LogP contribution in [0.2, 0.25) is 0 Å². The summed E-state index contributed by atoms with van der Waals surface area (Å²) in [7, 11) is 0. The molecule has 1 atom stereocenters. The fourth-order valence-electron chi connectivity index (χ4n) is 3.15. The Morgan fingerprint density at radius 1 is 1.16 bits per heavy atom. The third-order valence-electron chi connectivity index (χ3n) is 4.27. The van der Waals surface area contributed by atoms with Gasteiger partial charge in [-0.2, -0.15) is 0 Å². The van der Waals surface area contributed by atoms with Crippen LogP contribution in [0.1, 0.15) is 51.1 Å². The van der Waals surface area contributed by atoms with E-state index in [-0.39, 0.29) is 11.6 Å². The molecule has 1 unspecified atom stereocenters. The summed E-state index contributed by atoms with van der Waals surface area (Å²) in [5, 5.41) is 3.29. The number of halogens is 2. The van der Waals surface area contributed by atoms with Gasteiger partial charge in [0.15, 0.2) is 0 Å². The lowest BCUT2D eigenvalue weighted by molar-refractivity contribution is 0.226. The summed E-state index contributed by atoms with van der Waals surface area (Å²) < 4.78 is 28.0. The fourth-order valence-corrected chi connectivity index (χ4v) is 3.15. The SMILES string of the molecule is CCNC(c1c(F)cccc1F)C1CCC(C)CC1. The molecule has 106 valence electrons. The molecule has 1 aliphatic rings. The molecule has 1 aromatic carbocycles. The maximum atomic E-state index is 14.0. The zero-order valence-corrected chi connectivity index (χ0v) is 11.8. The largest absolute Gasteiger partial charge is 0.310 e. The second kappa shape index (κ2) is 6.47. The Kier molecular flexibility index (Phi) is 4.92. The Morgan fingerprint density at radius 3 is 2.26 bits per heavy atom. The lowest BCUT2D eigenvalue weighted by atomic mass is 9.77. The lowest BCUT2D eigenvalue weighted by Gasteiger charge is -2.33. The van der Waals surface area contributed by atoms with Crippen LogP contribution in [0, 0.1) is 23.5 Å². The van der Waals surface area contributed by atoms with Gasteiger partial charge in [-0.3, -0.25) is 0 Å². The van der Waals surface area contributed by atoms with Crippen LogP contribution in [0.4, 0.5) is 8.78 Å². The molecule has 1 fully saturated rings. The molecule has 1 nitrogen and oxygen atoms in total. The van der Waals surface area contributed by atoms with Crippen LogP contribution in [0.5, 0.6) is 0 Å². The van der Waals surface area contributed by atoms with Crippen molar-refractivity contribution in [2.45, 2.75) is 45.6 Å². The molecule has 1 aromatic rings. The first-order valence-electron chi connectivity index (χ1n) is 7.30. The van der Waals surface area contributed by atoms with Crippen LogP contribution in [-0.2, 0) is 0 Å². The number of hydrogen-bond donors (Lipinski definition) is 1. The van der Waals surface area contributed by atoms with Crippen molar-refractivity contribution in [1.29, 1.82) is 0 Å². The molecule has 19 heavy (non-hydrogen) atoms. The highest BCUT2D eigenvalue weighted by Gasteiger charge is 2.30. The summed E-state index contributed by atoms with van der Waals surface area (Å²) in [6, 6.07) is 3.95. The van der Waals surface area contributed by atoms with E-state index in [0.29, 0.717) is 5.92 Å². The van der Waals surface area contributed by atoms with E-state index in [1.54, 1.807) is 0 Å². The third-order valence-corrected chi connectivity index (χ3v) is 4.27. The maximum absolute atomic E-state index is 14.0. The van der Waals surface area contributed by atoms with Gasteiger partial charge >= 0.3 is 0 Å². The van der Waals surface area contributed by atoms with E-state index in [0.717, 1.165) is 38.1 Å². The highest BCUT2D eigenvalue weighted by atomic mass is 19.1. The average molecular weight is 267 g/mol. The fraction of sp³-hybridized carbons (Fsp3) is 0.625. The van der Waals surface area contributed by atoms with Gasteiger partial charge in [0.1, 0.15) is 11.6 Å². The molecule has 2 rings (SSSR count). The molecular formula is C16H23F2N. The van der Waals surface area contributed by atoms with Gasteiger partial charge in [0.2, 0.25) is 0 Å². The Morgan fingerprint density at radius 2 is 1.74 bits per heavy atom. The van der Waals surface area contributed by atoms with Crippen molar-refractivity contribution >= 4 is 0 Å². The summed E-state index contributed by atoms with van der Waals surface area (Å²) in [6.45, 7) is 4.96. The highest BCUT2D eigenvalue weighted by Crippen LogP contribution is 2.38. The van der Waals surface area contributed by atoms with Crippen LogP contribution in [0.15, 0.2) is 18.2 Å². The number of benzene rings is 1. The number of hydrogen-bond acceptors (Lipinski definition) is 1. The Labute approximate surface area is 114 Å². The minimum atomic E-state index is -0.426. The van der Waals surface area contributed by atoms with Crippen LogP contribution in [0.25, 0.3) is 0 Å². The predicted octanol–water partition coefficient (Wildman–Crippen LogP) is 4.44. The van der Waals surface area contributed by atoms with Crippen LogP contribution < -0.4 is 5.32 Å². The van der Waals surface area contributed by atoms with Crippen molar-refractivity contribution in [2.75, 3.05) is 6.54 Å². The first-order valence-corrected chi connectivity index (χ1v) is 7.30. The average Bonchev–Trinajstić information content (AvgIpc) is 2.38. The molecule has 1 aliphatic carbocycles. The molecule has 0 bridgehead atoms. The van der Waals surface area contributed by atoms with E-state index in [9.17, 15) is 8.78 Å². The Balaban J connectivity index is 2.24. The standard InChI is InChI=1S/C16H23F2N/c1-3-19-16(12-9-7-11(2)8-10-12)15-13(17)5-4-6-14(15)18/h4-6,11-12,16,19H,3,7-10H2,1-2H3. The monoisotopic (exact) mass is 267 g/mol. The summed E-state index contributed by atoms with van der Waals surface area (Å²) in [4.78, 5) is 0. The highest BCUT2D eigenvalue weighted by molar-refractivity contribution is 5.24. The van der Waals surface area contributed by atoms with Crippen molar-refractivity contribution in [3.8, 4) is 0 Å². The lowest BCUT2D eigenvalue weighted by Crippen LogP contribution is -2.32. The van der Waals surface area contributed by atoms with Crippen molar-refractivity contribution in [3.05, 3.63) is 35.4 Å². The molecule has 0 radical (unpaired) electrons. The smallest absolute Gasteiger partial charge is 0.130 e. The molecule has 1 saturated carbocycles. The van der Waals surface area contributed by atoms with E-state index in [2.05, 4.69) is 12.2 Å². The van der Waals surface area contributed by atoms with Crippen LogP contribution in [0.3, 0.4) is 0 Å². The number of rotatable bonds is 4.